The number of rotatable bonds is 8. The standard InChI is InChI=1S/C9H10OS.C8H3F5O2.C8H7NO4.C6H7NO4.C6H7NS2.C5H6N2O.C5H5NO2/c1-8(10)11-7-9-5-3-2-4-6-9;1-2(14)15-8-6(12)4(10)3(9)5(11)7(8)13;1-6(10)13-8-4-2-7(3-5-8)9(11)12;1-4(8)11-7-5(9)2-3-6(7)10;1-8-9-6-4-2-3-5-7-6;1-5(8)7-3-2-6-4-7;1-6-4(7)2-3-5(6)8/h2-6H,7H2,1H3;1H3;2-5H,1H3;2-3H2,1H3;2-5H,1H3;2-4H,1H3;2-3H,1H3. The number of nitro benzene ring substituents is 1. The first kappa shape index (κ1) is 64.9. The molecule has 0 N–H and O–H groups in total. The van der Waals surface area contributed by atoms with E-state index in [2.05, 4.69) is 24.3 Å². The minimum atomic E-state index is -2.30. The molecule has 5 aromatic rings. The van der Waals surface area contributed by atoms with Crippen molar-refractivity contribution in [2.75, 3.05) is 13.3 Å². The lowest BCUT2D eigenvalue weighted by Crippen LogP contribution is -2.30. The Bertz CT molecular complexity index is 2730. The van der Waals surface area contributed by atoms with Crippen LogP contribution in [0.3, 0.4) is 0 Å². The van der Waals surface area contributed by atoms with Crippen molar-refractivity contribution in [3.8, 4) is 11.5 Å². The van der Waals surface area contributed by atoms with Crippen LogP contribution in [0.2, 0.25) is 0 Å². The number of hydroxylamine groups is 2. The van der Waals surface area contributed by atoms with Gasteiger partial charge in [-0.2, -0.15) is 8.78 Å². The number of hydrogen-bond donors (Lipinski definition) is 0. The molecular formula is C47H45F5N6O14S3. The molecule has 2 aliphatic heterocycles. The largest absolute Gasteiger partial charge is 0.427 e. The second-order valence-corrected chi connectivity index (χ2v) is 17.3. The highest BCUT2D eigenvalue weighted by atomic mass is 33.1. The monoisotopic (exact) mass is 1110 g/mol. The molecule has 0 spiro atoms. The molecule has 20 nitrogen and oxygen atoms in total. The normalized spacial score (nSPS) is 11.7. The molecule has 75 heavy (non-hydrogen) atoms. The second-order valence-electron chi connectivity index (χ2n) is 13.7. The summed E-state index contributed by atoms with van der Waals surface area (Å²) in [6, 6.07) is 21.2. The zero-order chi connectivity index (χ0) is 56.8. The summed E-state index contributed by atoms with van der Waals surface area (Å²) in [5, 5.41) is 12.0. The number of likely N-dealkylation sites (N-methyl/N-ethyl adjacent to an activating group) is 1. The number of amides is 4. The Morgan fingerprint density at radius 1 is 0.693 bits per heavy atom. The lowest BCUT2D eigenvalue weighted by molar-refractivity contribution is -0.384. The van der Waals surface area contributed by atoms with Gasteiger partial charge in [-0.3, -0.25) is 57.9 Å². The number of ether oxygens (including phenoxy) is 2. The highest BCUT2D eigenvalue weighted by Crippen LogP contribution is 2.29. The molecule has 4 heterocycles. The van der Waals surface area contributed by atoms with Gasteiger partial charge in [-0.1, -0.05) is 59.0 Å². The number of imidazole rings is 1. The molecule has 0 bridgehead atoms. The number of thioether (sulfide) groups is 1. The summed E-state index contributed by atoms with van der Waals surface area (Å²) < 4.78 is 73.0. The summed E-state index contributed by atoms with van der Waals surface area (Å²) in [7, 11) is 4.84. The Balaban J connectivity index is 0.000000442. The first-order valence-corrected chi connectivity index (χ1v) is 24.3. The van der Waals surface area contributed by atoms with Gasteiger partial charge in [0.25, 0.3) is 29.3 Å². The van der Waals surface area contributed by atoms with Crippen LogP contribution in [0.1, 0.15) is 57.8 Å². The first-order valence-electron chi connectivity index (χ1n) is 20.8. The molecule has 0 radical (unpaired) electrons. The molecule has 0 unspecified atom stereocenters. The van der Waals surface area contributed by atoms with Crippen LogP contribution in [0.15, 0.2) is 115 Å². The van der Waals surface area contributed by atoms with Gasteiger partial charge in [-0.05, 0) is 46.9 Å². The van der Waals surface area contributed by atoms with Crippen molar-refractivity contribution in [2.45, 2.75) is 58.2 Å². The summed E-state index contributed by atoms with van der Waals surface area (Å²) in [5.41, 5.74) is 1.17. The number of hydrogen-bond acceptors (Lipinski definition) is 19. The summed E-state index contributed by atoms with van der Waals surface area (Å²) in [6.07, 6.45) is 11.3. The molecule has 7 rings (SSSR count). The Morgan fingerprint density at radius 3 is 1.59 bits per heavy atom. The SMILES string of the molecule is CC(=O)ON1C(=O)CCC1=O.CC(=O)Oc1c(F)c(F)c(F)c(F)c1F.CC(=O)Oc1ccc([N+](=O)[O-])cc1.CC(=O)SCc1ccccc1.CC(=O)n1ccnc1.CN1C(=O)C=CC1=O.CSSc1ccccn1. The molecule has 1 saturated heterocycles. The third kappa shape index (κ3) is 25.4. The predicted molar refractivity (Wildman–Crippen MR) is 262 cm³/mol. The number of aromatic nitrogens is 3. The van der Waals surface area contributed by atoms with Crippen molar-refractivity contribution in [1.29, 1.82) is 0 Å². The molecule has 4 amide bonds. The molecule has 400 valence electrons. The van der Waals surface area contributed by atoms with E-state index < -0.39 is 69.5 Å². The van der Waals surface area contributed by atoms with Crippen molar-refractivity contribution in [1.82, 2.24) is 24.5 Å². The molecule has 28 heteroatoms. The van der Waals surface area contributed by atoms with Gasteiger partial charge < -0.3 is 14.3 Å². The van der Waals surface area contributed by atoms with Crippen molar-refractivity contribution in [3.05, 3.63) is 155 Å². The fourth-order valence-electron chi connectivity index (χ4n) is 4.57. The van der Waals surface area contributed by atoms with Crippen LogP contribution in [0.25, 0.3) is 0 Å². The Labute approximate surface area is 436 Å². The third-order valence-electron chi connectivity index (χ3n) is 7.94. The van der Waals surface area contributed by atoms with Gasteiger partial charge in [-0.25, -0.2) is 27.9 Å². The lowest BCUT2D eigenvalue weighted by atomic mass is 10.2. The molecule has 0 aliphatic carbocycles. The highest BCUT2D eigenvalue weighted by molar-refractivity contribution is 8.76. The van der Waals surface area contributed by atoms with Crippen LogP contribution in [-0.2, 0) is 48.9 Å². The number of halogens is 5. The van der Waals surface area contributed by atoms with Crippen LogP contribution in [0.4, 0.5) is 27.6 Å². The van der Waals surface area contributed by atoms with Crippen LogP contribution in [0.5, 0.6) is 11.5 Å². The number of benzene rings is 3. The first-order chi connectivity index (χ1) is 35.3. The van der Waals surface area contributed by atoms with Crippen molar-refractivity contribution in [2.24, 2.45) is 0 Å². The Kier molecular flexibility index (Phi) is 29.7. The van der Waals surface area contributed by atoms with E-state index in [1.165, 1.54) is 85.5 Å². The molecule has 3 aromatic carbocycles. The van der Waals surface area contributed by atoms with Crippen molar-refractivity contribution in [3.63, 3.8) is 0 Å². The van der Waals surface area contributed by atoms with Crippen molar-refractivity contribution >= 4 is 91.6 Å². The average Bonchev–Trinajstić information content (AvgIpc) is 4.11. The van der Waals surface area contributed by atoms with Crippen LogP contribution < -0.4 is 9.47 Å². The maximum atomic E-state index is 12.8. The Morgan fingerprint density at radius 2 is 1.21 bits per heavy atom. The number of carbonyl (C=O) groups is 9. The van der Waals surface area contributed by atoms with E-state index in [1.54, 1.807) is 47.1 Å². The minimum Gasteiger partial charge on any atom is -0.427 e. The molecule has 0 saturated carbocycles. The summed E-state index contributed by atoms with van der Waals surface area (Å²) in [6.45, 7) is 6.24. The van der Waals surface area contributed by atoms with Gasteiger partial charge in [0.1, 0.15) is 17.1 Å². The molecule has 0 atom stereocenters. The Hall–Kier alpha value is -8.11. The zero-order valence-electron chi connectivity index (χ0n) is 40.5. The van der Waals surface area contributed by atoms with E-state index in [1.807, 2.05) is 54.8 Å². The van der Waals surface area contributed by atoms with Gasteiger partial charge >= 0.3 is 17.9 Å². The van der Waals surface area contributed by atoms with Crippen molar-refractivity contribution < 1.29 is 84.3 Å². The van der Waals surface area contributed by atoms with Crippen LogP contribution >= 0.6 is 33.3 Å². The number of nitrogens with zero attached hydrogens (tertiary/aromatic N) is 6. The number of non-ortho nitro benzene ring substituents is 1. The summed E-state index contributed by atoms with van der Waals surface area (Å²) in [4.78, 5) is 117. The topological polar surface area (TPSA) is 262 Å². The predicted octanol–water partition coefficient (Wildman–Crippen LogP) is 8.44. The van der Waals surface area contributed by atoms with E-state index in [9.17, 15) is 75.2 Å². The quantitative estimate of drug-likeness (QED) is 0.0162. The molecule has 2 aromatic heterocycles. The molecular weight excluding hydrogens is 1060 g/mol. The van der Waals surface area contributed by atoms with E-state index in [4.69, 9.17) is 0 Å². The zero-order valence-corrected chi connectivity index (χ0v) is 43.0. The van der Waals surface area contributed by atoms with E-state index in [0.717, 1.165) is 29.5 Å². The second kappa shape index (κ2) is 34.3. The minimum absolute atomic E-state index is 0.0116. The highest BCUT2D eigenvalue weighted by Gasteiger charge is 2.32. The number of esters is 2. The van der Waals surface area contributed by atoms with E-state index in [0.29, 0.717) is 10.8 Å². The number of pyridine rings is 1. The fraction of sp³-hybridized carbons (Fsp3) is 0.213. The maximum Gasteiger partial charge on any atom is 0.330 e. The van der Waals surface area contributed by atoms with Gasteiger partial charge in [0.2, 0.25) is 40.7 Å². The van der Waals surface area contributed by atoms with Gasteiger partial charge in [-0.15, -0.1) is 5.06 Å². The van der Waals surface area contributed by atoms with Gasteiger partial charge in [0, 0.05) is 103 Å². The third-order valence-corrected chi connectivity index (χ3v) is 10.4. The molecule has 2 aliphatic rings. The summed E-state index contributed by atoms with van der Waals surface area (Å²) in [5.74, 6) is -15.2. The van der Waals surface area contributed by atoms with Crippen LogP contribution in [-0.4, -0.2) is 95.3 Å². The van der Waals surface area contributed by atoms with Gasteiger partial charge in [0.15, 0.2) is 5.12 Å². The number of nitro groups is 1. The maximum absolute atomic E-state index is 12.8. The lowest BCUT2D eigenvalue weighted by Gasteiger charge is -2.09. The average molecular weight is 1110 g/mol. The number of carbonyl (C=O) groups excluding carboxylic acids is 9. The summed E-state index contributed by atoms with van der Waals surface area (Å²) >= 11 is 1.35. The smallest absolute Gasteiger partial charge is 0.330 e. The van der Waals surface area contributed by atoms with E-state index >= 15 is 0 Å². The van der Waals surface area contributed by atoms with Crippen LogP contribution in [0, 0.1) is 39.2 Å². The molecule has 1 fully saturated rings. The van der Waals surface area contributed by atoms with Gasteiger partial charge in [0.05, 0.1) is 4.92 Å². The fourth-order valence-corrected chi connectivity index (χ4v) is 6.35. The number of imide groups is 2. The van der Waals surface area contributed by atoms with E-state index in [-0.39, 0.29) is 41.4 Å².